The quantitative estimate of drug-likeness (QED) is 0.162. The van der Waals surface area contributed by atoms with E-state index in [0.717, 1.165) is 0 Å². The van der Waals surface area contributed by atoms with Crippen LogP contribution in [-0.4, -0.2) is 24.2 Å². The highest BCUT2D eigenvalue weighted by atomic mass is 15.2. The van der Waals surface area contributed by atoms with Gasteiger partial charge in [-0.05, 0) is 124 Å². The van der Waals surface area contributed by atoms with Crippen molar-refractivity contribution in [1.29, 1.82) is 0 Å². The maximum atomic E-state index is 2.46. The predicted molar refractivity (Wildman–Crippen MR) is 194 cm³/mol. The molecular weight excluding hydrogens is 532 g/mol. The highest BCUT2D eigenvalue weighted by molar-refractivity contribution is 5.75. The van der Waals surface area contributed by atoms with Crippen molar-refractivity contribution in [3.05, 3.63) is 121 Å². The molecule has 0 amide bonds. The van der Waals surface area contributed by atoms with Crippen LogP contribution in [0.2, 0.25) is 0 Å². The smallest absolute Gasteiger partial charge is 0.0371 e. The van der Waals surface area contributed by atoms with Crippen molar-refractivity contribution in [1.82, 2.24) is 0 Å². The lowest BCUT2D eigenvalue weighted by atomic mass is 9.97. The van der Waals surface area contributed by atoms with Gasteiger partial charge in [0.1, 0.15) is 0 Å². The van der Waals surface area contributed by atoms with Crippen LogP contribution in [-0.2, 0) is 0 Å². The fourth-order valence-corrected chi connectivity index (χ4v) is 6.60. The summed E-state index contributed by atoms with van der Waals surface area (Å²) in [5.74, 6) is 0. The van der Waals surface area contributed by atoms with E-state index in [0.29, 0.717) is 24.2 Å². The molecule has 0 heterocycles. The fourth-order valence-electron chi connectivity index (χ4n) is 6.60. The minimum Gasteiger partial charge on any atom is -0.367 e. The second-order valence-electron chi connectivity index (χ2n) is 13.0. The molecule has 5 aromatic carbocycles. The third-order valence-electron chi connectivity index (χ3n) is 8.54. The first kappa shape index (κ1) is 31.1. The fraction of sp³-hybridized carbons (Fsp3) is 0.286. The van der Waals surface area contributed by atoms with Gasteiger partial charge in [-0.15, -0.1) is 0 Å². The SMILES string of the molecule is CC(C)N(c1ccc(-c2ccc(-c3ccc(-c4ccc(-c5ccc(N(C(C)C)C(C)C)cc5)cc4)cc3)cc2)cc1)C(C)C. The molecule has 0 atom stereocenters. The summed E-state index contributed by atoms with van der Waals surface area (Å²) in [6.45, 7) is 18.0. The molecule has 0 unspecified atom stereocenters. The summed E-state index contributed by atoms with van der Waals surface area (Å²) >= 11 is 0. The standard InChI is InChI=1S/C42H48N2/c1-29(2)43(30(3)4)41-25-21-39(22-26-41)37-17-13-35(14-18-37)33-9-11-34(12-10-33)36-15-19-38(20-16-36)40-23-27-42(28-24-40)44(31(5)6)32(7)8/h9-32H,1-8H3. The van der Waals surface area contributed by atoms with Crippen molar-refractivity contribution in [3.8, 4) is 44.5 Å². The van der Waals surface area contributed by atoms with Crippen LogP contribution in [0.1, 0.15) is 55.4 Å². The molecule has 0 saturated carbocycles. The van der Waals surface area contributed by atoms with E-state index in [4.69, 9.17) is 0 Å². The second-order valence-corrected chi connectivity index (χ2v) is 13.0. The maximum absolute atomic E-state index is 2.46. The first-order valence-electron chi connectivity index (χ1n) is 16.2. The van der Waals surface area contributed by atoms with Gasteiger partial charge in [-0.3, -0.25) is 0 Å². The lowest BCUT2D eigenvalue weighted by molar-refractivity contribution is 0.608. The largest absolute Gasteiger partial charge is 0.367 e. The molecule has 0 N–H and O–H groups in total. The minimum absolute atomic E-state index is 0.472. The van der Waals surface area contributed by atoms with Crippen LogP contribution in [0.15, 0.2) is 121 Å². The Morgan fingerprint density at radius 1 is 0.250 bits per heavy atom. The molecule has 0 aliphatic rings. The van der Waals surface area contributed by atoms with Crippen molar-refractivity contribution in [2.75, 3.05) is 9.80 Å². The molecule has 44 heavy (non-hydrogen) atoms. The van der Waals surface area contributed by atoms with Crippen LogP contribution in [0.4, 0.5) is 11.4 Å². The van der Waals surface area contributed by atoms with Gasteiger partial charge >= 0.3 is 0 Å². The zero-order valence-corrected chi connectivity index (χ0v) is 27.8. The average molecular weight is 581 g/mol. The number of anilines is 2. The van der Waals surface area contributed by atoms with E-state index in [-0.39, 0.29) is 0 Å². The Bertz CT molecular complexity index is 1470. The molecule has 5 aromatic rings. The van der Waals surface area contributed by atoms with Gasteiger partial charge in [0.05, 0.1) is 0 Å². The van der Waals surface area contributed by atoms with Gasteiger partial charge in [0.2, 0.25) is 0 Å². The highest BCUT2D eigenvalue weighted by Crippen LogP contribution is 2.31. The summed E-state index contributed by atoms with van der Waals surface area (Å²) in [7, 11) is 0. The topological polar surface area (TPSA) is 6.48 Å². The molecular formula is C42H48N2. The monoisotopic (exact) mass is 580 g/mol. The lowest BCUT2D eigenvalue weighted by Gasteiger charge is -2.33. The Labute approximate surface area is 266 Å². The van der Waals surface area contributed by atoms with Gasteiger partial charge in [-0.2, -0.15) is 0 Å². The van der Waals surface area contributed by atoms with Gasteiger partial charge in [-0.1, -0.05) is 97.1 Å². The number of benzene rings is 5. The predicted octanol–water partition coefficient (Wildman–Crippen LogP) is 11.6. The van der Waals surface area contributed by atoms with Crippen LogP contribution in [0, 0.1) is 0 Å². The highest BCUT2D eigenvalue weighted by Gasteiger charge is 2.15. The van der Waals surface area contributed by atoms with Crippen LogP contribution in [0.5, 0.6) is 0 Å². The summed E-state index contributed by atoms with van der Waals surface area (Å²) in [6.07, 6.45) is 0. The first-order valence-corrected chi connectivity index (χ1v) is 16.2. The maximum Gasteiger partial charge on any atom is 0.0371 e. The zero-order valence-electron chi connectivity index (χ0n) is 27.8. The van der Waals surface area contributed by atoms with Crippen LogP contribution in [0.25, 0.3) is 44.5 Å². The minimum atomic E-state index is 0.472. The molecule has 5 rings (SSSR count). The van der Waals surface area contributed by atoms with E-state index >= 15 is 0 Å². The Hall–Kier alpha value is -4.30. The van der Waals surface area contributed by atoms with Gasteiger partial charge in [0, 0.05) is 35.5 Å². The van der Waals surface area contributed by atoms with Crippen LogP contribution in [0.3, 0.4) is 0 Å². The number of rotatable bonds is 10. The van der Waals surface area contributed by atoms with E-state index in [9.17, 15) is 0 Å². The summed E-state index contributed by atoms with van der Waals surface area (Å²) < 4.78 is 0. The third-order valence-corrected chi connectivity index (χ3v) is 8.54. The Balaban J connectivity index is 1.26. The molecule has 0 aliphatic carbocycles. The molecule has 0 fully saturated rings. The van der Waals surface area contributed by atoms with Crippen molar-refractivity contribution < 1.29 is 0 Å². The third kappa shape index (κ3) is 6.91. The molecule has 0 radical (unpaired) electrons. The van der Waals surface area contributed by atoms with Gasteiger partial charge in [0.15, 0.2) is 0 Å². The molecule has 2 heteroatoms. The normalized spacial score (nSPS) is 11.5. The van der Waals surface area contributed by atoms with Crippen molar-refractivity contribution in [3.63, 3.8) is 0 Å². The van der Waals surface area contributed by atoms with E-state index in [2.05, 4.69) is 187 Å². The molecule has 0 saturated heterocycles. The summed E-state index contributed by atoms with van der Waals surface area (Å²) in [5, 5.41) is 0. The molecule has 0 aliphatic heterocycles. The number of hydrogen-bond acceptors (Lipinski definition) is 2. The molecule has 226 valence electrons. The average Bonchev–Trinajstić information content (AvgIpc) is 3.01. The van der Waals surface area contributed by atoms with E-state index in [1.165, 1.54) is 55.9 Å². The Morgan fingerprint density at radius 2 is 0.386 bits per heavy atom. The van der Waals surface area contributed by atoms with Crippen molar-refractivity contribution >= 4 is 11.4 Å². The molecule has 0 spiro atoms. The number of hydrogen-bond donors (Lipinski definition) is 0. The summed E-state index contributed by atoms with van der Waals surface area (Å²) in [4.78, 5) is 4.91. The second kappa shape index (κ2) is 13.6. The lowest BCUT2D eigenvalue weighted by Crippen LogP contribution is -2.36. The van der Waals surface area contributed by atoms with Crippen molar-refractivity contribution in [2.24, 2.45) is 0 Å². The van der Waals surface area contributed by atoms with E-state index in [1.807, 2.05) is 0 Å². The molecule has 0 aromatic heterocycles. The first-order chi connectivity index (χ1) is 21.1. The number of nitrogens with zero attached hydrogens (tertiary/aromatic N) is 2. The molecule has 2 nitrogen and oxygen atoms in total. The van der Waals surface area contributed by atoms with Gasteiger partial charge < -0.3 is 9.80 Å². The summed E-state index contributed by atoms with van der Waals surface area (Å²) in [5.41, 5.74) is 12.4. The Morgan fingerprint density at radius 3 is 0.523 bits per heavy atom. The van der Waals surface area contributed by atoms with E-state index in [1.54, 1.807) is 0 Å². The Kier molecular flexibility index (Phi) is 9.59. The molecule has 0 bridgehead atoms. The van der Waals surface area contributed by atoms with E-state index < -0.39 is 0 Å². The summed E-state index contributed by atoms with van der Waals surface area (Å²) in [6, 6.07) is 46.6. The van der Waals surface area contributed by atoms with Gasteiger partial charge in [-0.25, -0.2) is 0 Å². The van der Waals surface area contributed by atoms with Crippen LogP contribution < -0.4 is 9.80 Å². The van der Waals surface area contributed by atoms with Crippen LogP contribution >= 0.6 is 0 Å². The van der Waals surface area contributed by atoms with Gasteiger partial charge in [0.25, 0.3) is 0 Å². The zero-order chi connectivity index (χ0) is 31.4. The van der Waals surface area contributed by atoms with Crippen molar-refractivity contribution in [2.45, 2.75) is 79.6 Å².